The molecule has 1 atom stereocenters. The SMILES string of the molecule is Nc1nc2n(n1)C[C@@H](O)CS2. The van der Waals surface area contributed by atoms with Gasteiger partial charge in [-0.15, -0.1) is 5.10 Å². The molecule has 0 spiro atoms. The number of anilines is 1. The Kier molecular flexibility index (Phi) is 1.50. The van der Waals surface area contributed by atoms with E-state index in [4.69, 9.17) is 5.73 Å². The first-order chi connectivity index (χ1) is 5.25. The molecule has 0 aromatic carbocycles. The average molecular weight is 172 g/mol. The lowest BCUT2D eigenvalue weighted by Crippen LogP contribution is -2.24. The molecule has 5 nitrogen and oxygen atoms in total. The Morgan fingerprint density at radius 3 is 3.36 bits per heavy atom. The molecular weight excluding hydrogens is 164 g/mol. The maximum atomic E-state index is 9.21. The van der Waals surface area contributed by atoms with Crippen LogP contribution in [-0.2, 0) is 6.54 Å². The summed E-state index contributed by atoms with van der Waals surface area (Å²) in [4.78, 5) is 3.97. The Hall–Kier alpha value is -0.750. The molecule has 1 aliphatic heterocycles. The van der Waals surface area contributed by atoms with E-state index in [-0.39, 0.29) is 12.1 Å². The zero-order valence-electron chi connectivity index (χ0n) is 5.77. The van der Waals surface area contributed by atoms with Gasteiger partial charge >= 0.3 is 0 Å². The number of nitrogens with zero attached hydrogens (tertiary/aromatic N) is 3. The van der Waals surface area contributed by atoms with E-state index in [2.05, 4.69) is 10.1 Å². The minimum atomic E-state index is -0.325. The number of aliphatic hydroxyl groups excluding tert-OH is 1. The highest BCUT2D eigenvalue weighted by molar-refractivity contribution is 7.99. The van der Waals surface area contributed by atoms with Crippen molar-refractivity contribution in [1.29, 1.82) is 0 Å². The molecule has 0 unspecified atom stereocenters. The van der Waals surface area contributed by atoms with Crippen molar-refractivity contribution in [2.45, 2.75) is 17.8 Å². The van der Waals surface area contributed by atoms with Crippen molar-refractivity contribution in [1.82, 2.24) is 14.8 Å². The predicted octanol–water partition coefficient (Wildman–Crippen LogP) is -0.673. The van der Waals surface area contributed by atoms with Crippen LogP contribution in [0.1, 0.15) is 0 Å². The maximum absolute atomic E-state index is 9.21. The van der Waals surface area contributed by atoms with Crippen molar-refractivity contribution >= 4 is 17.7 Å². The third-order valence-corrected chi connectivity index (χ3v) is 2.55. The summed E-state index contributed by atoms with van der Waals surface area (Å²) in [6.45, 7) is 0.506. The van der Waals surface area contributed by atoms with Gasteiger partial charge in [0.15, 0.2) is 5.16 Å². The van der Waals surface area contributed by atoms with Gasteiger partial charge in [-0.1, -0.05) is 11.8 Å². The van der Waals surface area contributed by atoms with Crippen molar-refractivity contribution in [3.63, 3.8) is 0 Å². The van der Waals surface area contributed by atoms with Gasteiger partial charge in [-0.25, -0.2) is 4.68 Å². The van der Waals surface area contributed by atoms with Crippen LogP contribution in [0.15, 0.2) is 5.16 Å². The molecule has 6 heteroatoms. The number of hydrogen-bond donors (Lipinski definition) is 2. The molecule has 2 rings (SSSR count). The molecule has 0 bridgehead atoms. The van der Waals surface area contributed by atoms with Gasteiger partial charge in [-0.2, -0.15) is 4.98 Å². The van der Waals surface area contributed by atoms with Crippen LogP contribution in [0.2, 0.25) is 0 Å². The Bertz CT molecular complexity index is 273. The Morgan fingerprint density at radius 2 is 2.55 bits per heavy atom. The maximum Gasteiger partial charge on any atom is 0.240 e. The van der Waals surface area contributed by atoms with Crippen LogP contribution in [-0.4, -0.2) is 31.7 Å². The second-order valence-corrected chi connectivity index (χ2v) is 3.39. The minimum Gasteiger partial charge on any atom is -0.390 e. The van der Waals surface area contributed by atoms with Crippen molar-refractivity contribution < 1.29 is 5.11 Å². The second-order valence-electron chi connectivity index (χ2n) is 2.40. The van der Waals surface area contributed by atoms with Gasteiger partial charge in [0.2, 0.25) is 5.95 Å². The molecule has 0 amide bonds. The fourth-order valence-corrected chi connectivity index (χ4v) is 1.86. The summed E-state index contributed by atoms with van der Waals surface area (Å²) in [6.07, 6.45) is -0.325. The van der Waals surface area contributed by atoms with Crippen LogP contribution < -0.4 is 5.73 Å². The summed E-state index contributed by atoms with van der Waals surface area (Å²) in [5, 5.41) is 13.9. The molecule has 0 saturated heterocycles. The van der Waals surface area contributed by atoms with E-state index < -0.39 is 0 Å². The Morgan fingerprint density at radius 1 is 1.73 bits per heavy atom. The van der Waals surface area contributed by atoms with E-state index in [0.717, 1.165) is 5.16 Å². The van der Waals surface area contributed by atoms with Gasteiger partial charge in [0.05, 0.1) is 12.6 Å². The fraction of sp³-hybridized carbons (Fsp3) is 0.600. The summed E-state index contributed by atoms with van der Waals surface area (Å²) >= 11 is 1.48. The minimum absolute atomic E-state index is 0.279. The normalized spacial score (nSPS) is 23.2. The Labute approximate surface area is 67.6 Å². The number of nitrogens with two attached hydrogens (primary N) is 1. The van der Waals surface area contributed by atoms with Gasteiger partial charge in [0.25, 0.3) is 0 Å². The van der Waals surface area contributed by atoms with E-state index in [1.165, 1.54) is 11.8 Å². The number of rotatable bonds is 0. The molecule has 0 radical (unpaired) electrons. The molecule has 3 N–H and O–H groups in total. The fourth-order valence-electron chi connectivity index (χ4n) is 0.993. The zero-order chi connectivity index (χ0) is 7.84. The largest absolute Gasteiger partial charge is 0.390 e. The highest BCUT2D eigenvalue weighted by Crippen LogP contribution is 2.22. The number of hydrogen-bond acceptors (Lipinski definition) is 5. The molecule has 60 valence electrons. The van der Waals surface area contributed by atoms with Crippen LogP contribution >= 0.6 is 11.8 Å². The van der Waals surface area contributed by atoms with E-state index in [9.17, 15) is 5.11 Å². The first kappa shape index (κ1) is 6.93. The van der Waals surface area contributed by atoms with Crippen LogP contribution in [0.5, 0.6) is 0 Å². The monoisotopic (exact) mass is 172 g/mol. The molecule has 0 saturated carbocycles. The van der Waals surface area contributed by atoms with Crippen molar-refractivity contribution in [3.05, 3.63) is 0 Å². The lowest BCUT2D eigenvalue weighted by Gasteiger charge is -2.15. The van der Waals surface area contributed by atoms with E-state index >= 15 is 0 Å². The summed E-state index contributed by atoms with van der Waals surface area (Å²) < 4.78 is 1.63. The number of fused-ring (bicyclic) bond motifs is 1. The van der Waals surface area contributed by atoms with Gasteiger partial charge in [-0.05, 0) is 0 Å². The van der Waals surface area contributed by atoms with Crippen molar-refractivity contribution in [2.75, 3.05) is 11.5 Å². The molecule has 0 aliphatic carbocycles. The number of nitrogen functional groups attached to an aromatic ring is 1. The van der Waals surface area contributed by atoms with Crippen molar-refractivity contribution in [2.24, 2.45) is 0 Å². The lowest BCUT2D eigenvalue weighted by molar-refractivity contribution is 0.164. The molecular formula is C5H8N4OS. The quantitative estimate of drug-likeness (QED) is 0.542. The molecule has 1 aromatic rings. The number of aliphatic hydroxyl groups is 1. The third kappa shape index (κ3) is 1.19. The van der Waals surface area contributed by atoms with Crippen LogP contribution in [0.4, 0.5) is 5.95 Å². The van der Waals surface area contributed by atoms with Gasteiger partial charge < -0.3 is 10.8 Å². The van der Waals surface area contributed by atoms with Gasteiger partial charge in [0, 0.05) is 5.75 Å². The smallest absolute Gasteiger partial charge is 0.240 e. The molecule has 1 aliphatic rings. The lowest BCUT2D eigenvalue weighted by atomic mass is 10.4. The van der Waals surface area contributed by atoms with Crippen LogP contribution in [0, 0.1) is 0 Å². The highest BCUT2D eigenvalue weighted by Gasteiger charge is 2.19. The summed E-state index contributed by atoms with van der Waals surface area (Å²) in [5.74, 6) is 0.958. The summed E-state index contributed by atoms with van der Waals surface area (Å²) in [6, 6.07) is 0. The van der Waals surface area contributed by atoms with Gasteiger partial charge in [0.1, 0.15) is 0 Å². The van der Waals surface area contributed by atoms with Gasteiger partial charge in [-0.3, -0.25) is 0 Å². The molecule has 11 heavy (non-hydrogen) atoms. The molecule has 0 fully saturated rings. The van der Waals surface area contributed by atoms with E-state index in [1.807, 2.05) is 0 Å². The molecule has 1 aromatic heterocycles. The summed E-state index contributed by atoms with van der Waals surface area (Å²) in [7, 11) is 0. The first-order valence-corrected chi connectivity index (χ1v) is 4.25. The number of thioether (sulfide) groups is 1. The predicted molar refractivity (Wildman–Crippen MR) is 41.2 cm³/mol. The average Bonchev–Trinajstić information content (AvgIpc) is 2.27. The van der Waals surface area contributed by atoms with Crippen molar-refractivity contribution in [3.8, 4) is 0 Å². The topological polar surface area (TPSA) is 77.0 Å². The van der Waals surface area contributed by atoms with Crippen LogP contribution in [0.3, 0.4) is 0 Å². The molecule has 2 heterocycles. The van der Waals surface area contributed by atoms with E-state index in [0.29, 0.717) is 12.3 Å². The van der Waals surface area contributed by atoms with E-state index in [1.54, 1.807) is 4.68 Å². The highest BCUT2D eigenvalue weighted by atomic mass is 32.2. The Balaban J connectivity index is 2.34. The third-order valence-electron chi connectivity index (χ3n) is 1.44. The summed E-state index contributed by atoms with van der Waals surface area (Å²) in [5.41, 5.74) is 5.37. The van der Waals surface area contributed by atoms with Crippen LogP contribution in [0.25, 0.3) is 0 Å². The standard InChI is InChI=1S/C5H8N4OS/c6-4-7-5-9(8-4)1-3(10)2-11-5/h3,10H,1-2H2,(H2,6,8)/t3-/m1/s1. The second kappa shape index (κ2) is 2.38. The number of aromatic nitrogens is 3. The zero-order valence-corrected chi connectivity index (χ0v) is 6.58. The first-order valence-electron chi connectivity index (χ1n) is 3.27.